The molecule has 0 unspecified atom stereocenters. The van der Waals surface area contributed by atoms with Crippen molar-refractivity contribution >= 4 is 21.9 Å². The van der Waals surface area contributed by atoms with Crippen LogP contribution in [0.4, 0.5) is 0 Å². The van der Waals surface area contributed by atoms with Gasteiger partial charge in [-0.05, 0) is 13.8 Å². The molecule has 17 heteroatoms. The number of aromatic hydroxyl groups is 2. The number of aliphatic hydroxyl groups excluding tert-OH is 1. The van der Waals surface area contributed by atoms with E-state index < -0.39 is 22.3 Å². The van der Waals surface area contributed by atoms with Gasteiger partial charge in [-0.25, -0.2) is 9.13 Å². The molecule has 0 amide bonds. The van der Waals surface area contributed by atoms with Crippen LogP contribution < -0.4 is 5.73 Å². The highest BCUT2D eigenvalue weighted by Crippen LogP contribution is 2.37. The van der Waals surface area contributed by atoms with E-state index in [1.165, 1.54) is 19.3 Å². The summed E-state index contributed by atoms with van der Waals surface area (Å²) in [4.78, 5) is 56.9. The molecule has 186 valence electrons. The zero-order valence-corrected chi connectivity index (χ0v) is 19.2. The Labute approximate surface area is 187 Å². The van der Waals surface area contributed by atoms with E-state index in [0.717, 1.165) is 0 Å². The molecule has 0 radical (unpaired) electrons. The molecule has 2 rings (SSSR count). The summed E-state index contributed by atoms with van der Waals surface area (Å²) in [6, 6.07) is 0. The van der Waals surface area contributed by atoms with Crippen LogP contribution >= 0.6 is 15.6 Å². The number of aliphatic hydroxyl groups is 1. The van der Waals surface area contributed by atoms with Gasteiger partial charge in [-0.2, -0.15) is 0 Å². The number of aromatic nitrogens is 2. The number of hydrogen-bond acceptors (Lipinski definition) is 10. The van der Waals surface area contributed by atoms with E-state index in [-0.39, 0.29) is 41.5 Å². The van der Waals surface area contributed by atoms with Gasteiger partial charge in [0.1, 0.15) is 11.5 Å². The van der Waals surface area contributed by atoms with Crippen molar-refractivity contribution in [2.45, 2.75) is 33.6 Å². The lowest BCUT2D eigenvalue weighted by Gasteiger charge is -2.09. The fourth-order valence-electron chi connectivity index (χ4n) is 2.10. The highest BCUT2D eigenvalue weighted by Gasteiger charge is 2.17. The molecule has 0 saturated carbocycles. The Hall–Kier alpha value is -2.29. The minimum absolute atomic E-state index is 0.0825. The summed E-state index contributed by atoms with van der Waals surface area (Å²) in [5, 5.41) is 27.8. The van der Waals surface area contributed by atoms with Crippen molar-refractivity contribution in [2.24, 2.45) is 5.73 Å². The second kappa shape index (κ2) is 13.4. The first-order chi connectivity index (χ1) is 15.1. The first-order valence-corrected chi connectivity index (χ1v) is 11.7. The zero-order chi connectivity index (χ0) is 26.0. The number of hydrogen-bond donors (Lipinski definition) is 9. The Bertz CT molecular complexity index is 1030. The standard InChI is InChI=1S/C8H12N2O2.C8H10NO6P.H3O4P/c1-5-8(12)7(2-9)6(4-11)3-10-5;1-5-8(11)7(3-10)6(2-9-5)4-15-16(12,13)14;1-5(2,3)4/h3,11-12H,2,4,9H2,1H3;2-3,11H,4H2,1H3,(H2,12,13,14);(H3,1,2,3,4). The van der Waals surface area contributed by atoms with E-state index in [0.29, 0.717) is 23.1 Å². The monoisotopic (exact) mass is 513 g/mol. The molecular formula is C16H25N3O12P2. The van der Waals surface area contributed by atoms with Crippen molar-refractivity contribution in [1.29, 1.82) is 0 Å². The van der Waals surface area contributed by atoms with Crippen LogP contribution in [-0.2, 0) is 33.4 Å². The van der Waals surface area contributed by atoms with Gasteiger partial charge in [0, 0.05) is 35.6 Å². The Morgan fingerprint density at radius 1 is 0.970 bits per heavy atom. The van der Waals surface area contributed by atoms with Crippen LogP contribution in [0.25, 0.3) is 0 Å². The number of nitrogens with zero attached hydrogens (tertiary/aromatic N) is 2. The van der Waals surface area contributed by atoms with Gasteiger partial charge in [0.25, 0.3) is 0 Å². The largest absolute Gasteiger partial charge is 0.506 e. The molecule has 0 atom stereocenters. The zero-order valence-electron chi connectivity index (χ0n) is 17.4. The van der Waals surface area contributed by atoms with Crippen molar-refractivity contribution in [2.75, 3.05) is 0 Å². The lowest BCUT2D eigenvalue weighted by Crippen LogP contribution is -2.04. The number of aryl methyl sites for hydroxylation is 2. The maximum Gasteiger partial charge on any atom is 0.469 e. The Balaban J connectivity index is 0.000000530. The van der Waals surface area contributed by atoms with Crippen LogP contribution in [0.3, 0.4) is 0 Å². The summed E-state index contributed by atoms with van der Waals surface area (Å²) < 4.78 is 23.5. The molecule has 0 fully saturated rings. The average Bonchev–Trinajstić information content (AvgIpc) is 2.69. The summed E-state index contributed by atoms with van der Waals surface area (Å²) in [5.41, 5.74) is 7.37. The fourth-order valence-corrected chi connectivity index (χ4v) is 2.41. The van der Waals surface area contributed by atoms with Crippen molar-refractivity contribution in [3.63, 3.8) is 0 Å². The van der Waals surface area contributed by atoms with Gasteiger partial charge in [0.2, 0.25) is 0 Å². The molecule has 2 aromatic heterocycles. The molecule has 10 N–H and O–H groups in total. The Kier molecular flexibility index (Phi) is 12.5. The molecule has 0 aliphatic carbocycles. The van der Waals surface area contributed by atoms with Crippen LogP contribution in [0, 0.1) is 13.8 Å². The number of aldehydes is 1. The molecule has 2 heterocycles. The number of rotatable bonds is 6. The minimum atomic E-state index is -4.64. The predicted molar refractivity (Wildman–Crippen MR) is 112 cm³/mol. The molecule has 0 aliphatic rings. The first-order valence-electron chi connectivity index (χ1n) is 8.63. The van der Waals surface area contributed by atoms with Gasteiger partial charge in [-0.1, -0.05) is 0 Å². The van der Waals surface area contributed by atoms with Crippen LogP contribution in [-0.4, -0.2) is 56.0 Å². The van der Waals surface area contributed by atoms with Crippen molar-refractivity contribution in [3.05, 3.63) is 46.0 Å². The van der Waals surface area contributed by atoms with E-state index in [2.05, 4.69) is 14.5 Å². The molecule has 0 aliphatic heterocycles. The third-order valence-corrected chi connectivity index (χ3v) is 4.13. The number of pyridine rings is 2. The third-order valence-electron chi connectivity index (χ3n) is 3.67. The van der Waals surface area contributed by atoms with Gasteiger partial charge in [-0.15, -0.1) is 0 Å². The van der Waals surface area contributed by atoms with E-state index >= 15 is 0 Å². The SMILES string of the molecule is Cc1ncc(CO)c(CN)c1O.Cc1ncc(COP(=O)(O)O)c(C=O)c1O.O=P(O)(O)O. The summed E-state index contributed by atoms with van der Waals surface area (Å²) in [6.45, 7) is 2.75. The number of phosphoric acid groups is 2. The molecule has 0 aromatic carbocycles. The van der Waals surface area contributed by atoms with Crippen molar-refractivity contribution < 1.29 is 58.2 Å². The van der Waals surface area contributed by atoms with Crippen LogP contribution in [0.5, 0.6) is 11.5 Å². The van der Waals surface area contributed by atoms with Crippen LogP contribution in [0.15, 0.2) is 12.4 Å². The molecule has 33 heavy (non-hydrogen) atoms. The molecule has 0 saturated heterocycles. The van der Waals surface area contributed by atoms with Crippen molar-refractivity contribution in [3.8, 4) is 11.5 Å². The van der Waals surface area contributed by atoms with Gasteiger partial charge in [-0.3, -0.25) is 19.3 Å². The van der Waals surface area contributed by atoms with E-state index in [4.69, 9.17) is 39.9 Å². The quantitative estimate of drug-likeness (QED) is 0.176. The molecule has 0 spiro atoms. The summed E-state index contributed by atoms with van der Waals surface area (Å²) in [7, 11) is -9.25. The topological polar surface area (TPSA) is 274 Å². The van der Waals surface area contributed by atoms with E-state index in [1.807, 2.05) is 0 Å². The van der Waals surface area contributed by atoms with Gasteiger partial charge >= 0.3 is 15.6 Å². The summed E-state index contributed by atoms with van der Waals surface area (Å²) in [6.07, 6.45) is 3.12. The number of carbonyl (C=O) groups is 1. The molecule has 0 bridgehead atoms. The van der Waals surface area contributed by atoms with Gasteiger partial charge in [0.15, 0.2) is 6.29 Å². The van der Waals surface area contributed by atoms with Gasteiger partial charge < -0.3 is 45.5 Å². The Morgan fingerprint density at radius 3 is 1.82 bits per heavy atom. The third kappa shape index (κ3) is 11.9. The summed E-state index contributed by atoms with van der Waals surface area (Å²) >= 11 is 0. The number of carbonyl (C=O) groups excluding carboxylic acids is 1. The van der Waals surface area contributed by atoms with Crippen LogP contribution in [0.2, 0.25) is 0 Å². The first kappa shape index (κ1) is 30.7. The fraction of sp³-hybridized carbons (Fsp3) is 0.312. The minimum Gasteiger partial charge on any atom is -0.506 e. The smallest absolute Gasteiger partial charge is 0.469 e. The van der Waals surface area contributed by atoms with Crippen LogP contribution in [0.1, 0.15) is 38.4 Å². The highest BCUT2D eigenvalue weighted by atomic mass is 31.2. The number of phosphoric ester groups is 1. The predicted octanol–water partition coefficient (Wildman–Crippen LogP) is -0.365. The Morgan fingerprint density at radius 2 is 1.42 bits per heavy atom. The van der Waals surface area contributed by atoms with Gasteiger partial charge in [0.05, 0.1) is 30.2 Å². The van der Waals surface area contributed by atoms with E-state index in [1.54, 1.807) is 6.92 Å². The lowest BCUT2D eigenvalue weighted by molar-refractivity contribution is 0.111. The average molecular weight is 513 g/mol. The summed E-state index contributed by atoms with van der Waals surface area (Å²) in [5.74, 6) is -0.231. The molecule has 15 nitrogen and oxygen atoms in total. The van der Waals surface area contributed by atoms with E-state index in [9.17, 15) is 19.6 Å². The maximum absolute atomic E-state index is 10.7. The molecule has 2 aromatic rings. The highest BCUT2D eigenvalue weighted by molar-refractivity contribution is 7.46. The second-order valence-corrected chi connectivity index (χ2v) is 8.35. The maximum atomic E-state index is 10.7. The number of nitrogens with two attached hydrogens (primary N) is 1. The lowest BCUT2D eigenvalue weighted by atomic mass is 10.1. The van der Waals surface area contributed by atoms with Crippen molar-refractivity contribution in [1.82, 2.24) is 9.97 Å². The normalized spacial score (nSPS) is 11.1. The molecular weight excluding hydrogens is 488 g/mol. The second-order valence-electron chi connectivity index (χ2n) is 6.08.